The van der Waals surface area contributed by atoms with Crippen molar-refractivity contribution >= 4 is 55.8 Å². The average molecular weight is 433 g/mol. The smallest absolute Gasteiger partial charge is 0.240 e. The van der Waals surface area contributed by atoms with E-state index in [-0.39, 0.29) is 10.4 Å². The molecule has 4 rings (SSSR count). The molecule has 0 amide bonds. The highest BCUT2D eigenvalue weighted by Gasteiger charge is 2.38. The van der Waals surface area contributed by atoms with Crippen LogP contribution in [0.15, 0.2) is 57.3 Å². The van der Waals surface area contributed by atoms with Gasteiger partial charge in [-0.05, 0) is 40.4 Å². The summed E-state index contributed by atoms with van der Waals surface area (Å²) in [4.78, 5) is 27.9. The number of carbonyl (C=O) groups is 2. The monoisotopic (exact) mass is 432 g/mol. The lowest BCUT2D eigenvalue weighted by molar-refractivity contribution is -0.131. The third-order valence-corrected chi connectivity index (χ3v) is 5.31. The van der Waals surface area contributed by atoms with Crippen LogP contribution in [0.5, 0.6) is 0 Å². The Hall–Kier alpha value is -2.52. The first kappa shape index (κ1) is 16.9. The fourth-order valence-corrected chi connectivity index (χ4v) is 3.81. The molecule has 132 valence electrons. The number of thioether (sulfide) groups is 1. The summed E-state index contributed by atoms with van der Waals surface area (Å²) in [6.45, 7) is 0. The number of benzene rings is 1. The van der Waals surface area contributed by atoms with Crippen molar-refractivity contribution in [1.29, 1.82) is 0 Å². The number of hydrogen-bond donors (Lipinski definition) is 3. The summed E-state index contributed by atoms with van der Waals surface area (Å²) in [7, 11) is 0. The molecule has 0 bridgehead atoms. The predicted octanol–water partition coefficient (Wildman–Crippen LogP) is 2.52. The first-order chi connectivity index (χ1) is 12.5. The maximum absolute atomic E-state index is 12.0. The van der Waals surface area contributed by atoms with Gasteiger partial charge in [0.05, 0.1) is 4.48 Å². The van der Waals surface area contributed by atoms with Crippen molar-refractivity contribution in [2.75, 3.05) is 11.6 Å². The van der Waals surface area contributed by atoms with E-state index in [1.54, 1.807) is 11.1 Å². The highest BCUT2D eigenvalue weighted by atomic mass is 79.9. The van der Waals surface area contributed by atoms with E-state index >= 15 is 0 Å². The molecular formula is C17H13BrN4O3S. The van der Waals surface area contributed by atoms with Crippen LogP contribution < -0.4 is 10.7 Å². The number of aliphatic hydroxyl groups excluding tert-OH is 1. The maximum atomic E-state index is 12.0. The van der Waals surface area contributed by atoms with E-state index in [2.05, 4.69) is 31.7 Å². The number of anilines is 1. The summed E-state index contributed by atoms with van der Waals surface area (Å²) in [5, 5.41) is 16.1. The fourth-order valence-electron chi connectivity index (χ4n) is 2.98. The van der Waals surface area contributed by atoms with Gasteiger partial charge in [0.2, 0.25) is 17.4 Å². The van der Waals surface area contributed by atoms with Crippen LogP contribution in [0.3, 0.4) is 0 Å². The molecule has 1 atom stereocenters. The van der Waals surface area contributed by atoms with Crippen LogP contribution in [0.25, 0.3) is 5.70 Å². The van der Waals surface area contributed by atoms with Gasteiger partial charge in [0.1, 0.15) is 11.9 Å². The topological polar surface area (TPSA) is 94.0 Å². The van der Waals surface area contributed by atoms with Gasteiger partial charge in [-0.15, -0.1) is 0 Å². The summed E-state index contributed by atoms with van der Waals surface area (Å²) in [6.07, 6.45) is 4.22. The van der Waals surface area contributed by atoms with Gasteiger partial charge in [-0.2, -0.15) is 4.99 Å². The number of hydrogen-bond acceptors (Lipinski definition) is 8. The van der Waals surface area contributed by atoms with Gasteiger partial charge < -0.3 is 10.4 Å². The zero-order valence-corrected chi connectivity index (χ0v) is 15.9. The van der Waals surface area contributed by atoms with Crippen LogP contribution in [0.2, 0.25) is 0 Å². The summed E-state index contributed by atoms with van der Waals surface area (Å²) < 4.78 is 0.200. The van der Waals surface area contributed by atoms with E-state index in [1.807, 2.05) is 30.5 Å². The van der Waals surface area contributed by atoms with E-state index in [1.165, 1.54) is 17.8 Å². The van der Waals surface area contributed by atoms with Gasteiger partial charge in [-0.25, -0.2) is 0 Å². The number of Topliss-reactive ketones (excluding diaryl/α,β-unsaturated/α-hetero) is 1. The number of aliphatic imine (C=N–C) groups is 1. The minimum atomic E-state index is -0.597. The lowest BCUT2D eigenvalue weighted by atomic mass is 9.98. The van der Waals surface area contributed by atoms with Crippen LogP contribution in [-0.4, -0.2) is 39.3 Å². The highest BCUT2D eigenvalue weighted by molar-refractivity contribution is 9.12. The zero-order chi connectivity index (χ0) is 18.4. The number of aliphatic hydroxyl groups is 1. The van der Waals surface area contributed by atoms with Crippen LogP contribution >= 0.6 is 27.7 Å². The number of allylic oxidation sites excluding steroid dienone is 2. The van der Waals surface area contributed by atoms with Crippen molar-refractivity contribution in [2.45, 2.75) is 6.17 Å². The van der Waals surface area contributed by atoms with E-state index in [0.717, 1.165) is 11.3 Å². The minimum Gasteiger partial charge on any atom is -0.492 e. The molecule has 0 spiro atoms. The van der Waals surface area contributed by atoms with Crippen molar-refractivity contribution in [3.05, 3.63) is 57.9 Å². The quantitative estimate of drug-likeness (QED) is 0.463. The summed E-state index contributed by atoms with van der Waals surface area (Å²) >= 11 is 4.50. The largest absolute Gasteiger partial charge is 0.492 e. The molecule has 0 radical (unpaired) electrons. The molecule has 0 saturated carbocycles. The van der Waals surface area contributed by atoms with Crippen molar-refractivity contribution in [2.24, 2.45) is 4.99 Å². The van der Waals surface area contributed by atoms with Crippen molar-refractivity contribution in [3.63, 3.8) is 0 Å². The van der Waals surface area contributed by atoms with Gasteiger partial charge in [0, 0.05) is 16.8 Å². The molecule has 0 fully saturated rings. The Morgan fingerprint density at radius 1 is 1.27 bits per heavy atom. The first-order valence-corrected chi connectivity index (χ1v) is 9.66. The standard InChI is InChI=1S/C17H13BrN4O3S/c1-26-17-20-16(25)13-9-4-2-3-5-11(9)19-15(22(13)21-17)8-6-10(18)14(24)12(23)7-8/h2-7,15,19,25H,1H3,(H,20,21)/t15-/m0/s1. The van der Waals surface area contributed by atoms with Crippen LogP contribution in [-0.2, 0) is 9.59 Å². The number of halogens is 1. The van der Waals surface area contributed by atoms with Gasteiger partial charge >= 0.3 is 0 Å². The van der Waals surface area contributed by atoms with Crippen LogP contribution in [0.1, 0.15) is 5.56 Å². The molecule has 3 aliphatic rings. The number of fused-ring (bicyclic) bond motifs is 3. The Kier molecular flexibility index (Phi) is 4.12. The normalized spacial score (nSPS) is 21.8. The minimum absolute atomic E-state index is 0.117. The molecule has 2 heterocycles. The van der Waals surface area contributed by atoms with Gasteiger partial charge in [-0.3, -0.25) is 20.0 Å². The third-order valence-electron chi connectivity index (χ3n) is 4.15. The molecule has 0 saturated heterocycles. The third kappa shape index (κ3) is 2.63. The molecule has 1 aromatic rings. The second-order valence-corrected chi connectivity index (χ2v) is 7.35. The lowest BCUT2D eigenvalue weighted by Crippen LogP contribution is -2.54. The number of nitrogens with zero attached hydrogens (tertiary/aromatic N) is 2. The molecule has 0 aromatic heterocycles. The van der Waals surface area contributed by atoms with Crippen molar-refractivity contribution < 1.29 is 14.7 Å². The Morgan fingerprint density at radius 2 is 2.04 bits per heavy atom. The summed E-state index contributed by atoms with van der Waals surface area (Å²) in [5.74, 6) is -1.30. The molecule has 26 heavy (non-hydrogen) atoms. The number of rotatable bonds is 1. The second kappa shape index (κ2) is 6.33. The Balaban J connectivity index is 1.87. The number of ketones is 2. The molecular weight excluding hydrogens is 420 g/mol. The van der Waals surface area contributed by atoms with Crippen molar-refractivity contribution in [3.8, 4) is 0 Å². The number of nitrogens with one attached hydrogen (secondary N) is 2. The zero-order valence-electron chi connectivity index (χ0n) is 13.5. The van der Waals surface area contributed by atoms with Crippen molar-refractivity contribution in [1.82, 2.24) is 10.4 Å². The fraction of sp³-hybridized carbons (Fsp3) is 0.118. The van der Waals surface area contributed by atoms with Crippen LogP contribution in [0.4, 0.5) is 5.69 Å². The molecule has 1 aromatic carbocycles. The molecule has 9 heteroatoms. The molecule has 3 N–H and O–H groups in total. The Labute approximate surface area is 161 Å². The maximum Gasteiger partial charge on any atom is 0.240 e. The highest BCUT2D eigenvalue weighted by Crippen LogP contribution is 2.39. The number of hydrazine groups is 1. The second-order valence-electron chi connectivity index (χ2n) is 5.70. The van der Waals surface area contributed by atoms with E-state index in [9.17, 15) is 14.7 Å². The molecule has 0 unspecified atom stereocenters. The molecule has 1 aliphatic carbocycles. The lowest BCUT2D eigenvalue weighted by Gasteiger charge is -2.43. The summed E-state index contributed by atoms with van der Waals surface area (Å²) in [5.41, 5.74) is 5.79. The number of amidine groups is 1. The van der Waals surface area contributed by atoms with Crippen LogP contribution in [0, 0.1) is 0 Å². The first-order valence-electron chi connectivity index (χ1n) is 7.65. The Morgan fingerprint density at radius 3 is 2.77 bits per heavy atom. The van der Waals surface area contributed by atoms with E-state index < -0.39 is 17.7 Å². The SMILES string of the molecule is CSC1=NC(O)=C2c3ccccc3N[C@H](C3=CC(=O)C(=O)C(Br)=C3)N2N1. The predicted molar refractivity (Wildman–Crippen MR) is 104 cm³/mol. The average Bonchev–Trinajstić information content (AvgIpc) is 2.64. The number of para-hydroxylation sites is 1. The van der Waals surface area contributed by atoms with E-state index in [4.69, 9.17) is 0 Å². The molecule has 2 aliphatic heterocycles. The summed E-state index contributed by atoms with van der Waals surface area (Å²) in [6, 6.07) is 7.49. The Bertz CT molecular complexity index is 967. The number of carbonyl (C=O) groups excluding carboxylic acids is 2. The van der Waals surface area contributed by atoms with Gasteiger partial charge in [-0.1, -0.05) is 30.0 Å². The molecule has 7 nitrogen and oxygen atoms in total. The van der Waals surface area contributed by atoms with Gasteiger partial charge in [0.25, 0.3) is 0 Å². The van der Waals surface area contributed by atoms with E-state index in [0.29, 0.717) is 16.4 Å². The van der Waals surface area contributed by atoms with Gasteiger partial charge in [0.15, 0.2) is 5.17 Å².